The van der Waals surface area contributed by atoms with Crippen LogP contribution in [-0.2, 0) is 10.0 Å². The molecule has 166 valence electrons. The first kappa shape index (κ1) is 21.3. The van der Waals surface area contributed by atoms with Gasteiger partial charge in [-0.1, -0.05) is 17.7 Å². The fraction of sp³-hybridized carbons (Fsp3) is 0.318. The van der Waals surface area contributed by atoms with Gasteiger partial charge in [-0.05, 0) is 72.8 Å². The van der Waals surface area contributed by atoms with Crippen molar-refractivity contribution in [2.45, 2.75) is 49.6 Å². The summed E-state index contributed by atoms with van der Waals surface area (Å²) in [7, 11) is -4.18. The molecule has 1 fully saturated rings. The number of fused-ring (bicyclic) bond motifs is 3. The van der Waals surface area contributed by atoms with Crippen LogP contribution in [0.2, 0.25) is 0 Å². The summed E-state index contributed by atoms with van der Waals surface area (Å²) in [6.45, 7) is 1.87. The lowest BCUT2D eigenvalue weighted by Crippen LogP contribution is -2.35. The van der Waals surface area contributed by atoms with Crippen molar-refractivity contribution in [2.75, 3.05) is 0 Å². The molecule has 1 aliphatic carbocycles. The largest absolute Gasteiger partial charge is 0.344 e. The van der Waals surface area contributed by atoms with Gasteiger partial charge < -0.3 is 5.73 Å². The van der Waals surface area contributed by atoms with Crippen molar-refractivity contribution in [1.82, 2.24) is 18.5 Å². The first-order chi connectivity index (χ1) is 15.3. The number of aromatic nitrogens is 4. The molecule has 3 heterocycles. The van der Waals surface area contributed by atoms with E-state index in [0.717, 1.165) is 22.4 Å². The van der Waals surface area contributed by atoms with Crippen LogP contribution in [0.5, 0.6) is 0 Å². The van der Waals surface area contributed by atoms with Gasteiger partial charge in [0.25, 0.3) is 10.0 Å². The molecule has 0 bridgehead atoms. The average Bonchev–Trinajstić information content (AvgIpc) is 3.07. The van der Waals surface area contributed by atoms with Crippen molar-refractivity contribution in [3.05, 3.63) is 63.2 Å². The molecule has 0 saturated heterocycles. The Kier molecular flexibility index (Phi) is 5.18. The fourth-order valence-electron chi connectivity index (χ4n) is 4.45. The summed E-state index contributed by atoms with van der Waals surface area (Å²) in [5.74, 6) is 0. The molecule has 32 heavy (non-hydrogen) atoms. The molecule has 0 unspecified atom stereocenters. The smallest absolute Gasteiger partial charge is 0.328 e. The third-order valence-corrected chi connectivity index (χ3v) is 8.43. The number of aryl methyl sites for hydroxylation is 1. The van der Waals surface area contributed by atoms with E-state index < -0.39 is 15.7 Å². The lowest BCUT2D eigenvalue weighted by Gasteiger charge is -2.27. The highest BCUT2D eigenvalue weighted by molar-refractivity contribution is 9.10. The van der Waals surface area contributed by atoms with Gasteiger partial charge in [-0.2, -0.15) is 3.97 Å². The number of halogens is 1. The molecule has 4 aromatic rings. The standard InChI is InChI=1S/C22H22BrN5O3S/c1-13-4-10-16(11-5-13)32(30,31)28-21-19(18-17(20(23)26-21)3-2-12-25-18)27(22(28)29)15-8-6-14(24)7-9-15/h2-5,10-12,14-15H,6-9,24H2,1H3. The summed E-state index contributed by atoms with van der Waals surface area (Å²) in [5, 5.41) is 0.714. The molecule has 0 radical (unpaired) electrons. The van der Waals surface area contributed by atoms with E-state index in [0.29, 0.717) is 33.9 Å². The summed E-state index contributed by atoms with van der Waals surface area (Å²) in [6, 6.07) is 9.97. The van der Waals surface area contributed by atoms with Gasteiger partial charge in [-0.15, -0.1) is 0 Å². The molecule has 0 amide bonds. The molecule has 0 aliphatic heterocycles. The molecule has 8 nitrogen and oxygen atoms in total. The normalized spacial score (nSPS) is 19.6. The average molecular weight is 516 g/mol. The maximum absolute atomic E-state index is 13.7. The molecule has 3 aromatic heterocycles. The molecule has 2 N–H and O–H groups in total. The van der Waals surface area contributed by atoms with Gasteiger partial charge in [0.15, 0.2) is 5.65 Å². The maximum Gasteiger partial charge on any atom is 0.344 e. The van der Waals surface area contributed by atoms with E-state index in [1.807, 2.05) is 13.0 Å². The van der Waals surface area contributed by atoms with Gasteiger partial charge >= 0.3 is 5.69 Å². The van der Waals surface area contributed by atoms with Crippen LogP contribution in [0.15, 0.2) is 56.9 Å². The zero-order chi connectivity index (χ0) is 22.6. The zero-order valence-corrected chi connectivity index (χ0v) is 19.8. The Morgan fingerprint density at radius 2 is 1.78 bits per heavy atom. The molecule has 1 aromatic carbocycles. The zero-order valence-electron chi connectivity index (χ0n) is 17.4. The predicted molar refractivity (Wildman–Crippen MR) is 126 cm³/mol. The molecule has 10 heteroatoms. The van der Waals surface area contributed by atoms with Crippen LogP contribution < -0.4 is 11.4 Å². The molecule has 1 saturated carbocycles. The van der Waals surface area contributed by atoms with Crippen molar-refractivity contribution in [3.8, 4) is 0 Å². The highest BCUT2D eigenvalue weighted by atomic mass is 79.9. The van der Waals surface area contributed by atoms with E-state index in [-0.39, 0.29) is 22.6 Å². The Hall–Kier alpha value is -2.56. The Morgan fingerprint density at radius 3 is 2.47 bits per heavy atom. The third-order valence-electron chi connectivity index (χ3n) is 6.15. The van der Waals surface area contributed by atoms with E-state index in [9.17, 15) is 13.2 Å². The van der Waals surface area contributed by atoms with Gasteiger partial charge in [0, 0.05) is 23.7 Å². The number of imidazole rings is 1. The minimum absolute atomic E-state index is 0.0361. The van der Waals surface area contributed by atoms with Gasteiger partial charge in [0.1, 0.15) is 15.6 Å². The summed E-state index contributed by atoms with van der Waals surface area (Å²) in [5.41, 5.74) is 7.42. The van der Waals surface area contributed by atoms with Crippen molar-refractivity contribution in [1.29, 1.82) is 0 Å². The summed E-state index contributed by atoms with van der Waals surface area (Å²) >= 11 is 3.44. The maximum atomic E-state index is 13.7. The van der Waals surface area contributed by atoms with Gasteiger partial charge in [0.05, 0.1) is 4.90 Å². The van der Waals surface area contributed by atoms with Crippen LogP contribution in [0.4, 0.5) is 0 Å². The monoisotopic (exact) mass is 515 g/mol. The molecular weight excluding hydrogens is 494 g/mol. The third kappa shape index (κ3) is 3.28. The van der Waals surface area contributed by atoms with E-state index in [4.69, 9.17) is 5.73 Å². The highest BCUT2D eigenvalue weighted by Gasteiger charge is 2.32. The Bertz CT molecular complexity index is 1500. The Balaban J connectivity index is 1.88. The molecule has 0 spiro atoms. The van der Waals surface area contributed by atoms with Crippen LogP contribution in [0.25, 0.3) is 22.1 Å². The van der Waals surface area contributed by atoms with Gasteiger partial charge in [0.2, 0.25) is 0 Å². The number of benzene rings is 1. The summed E-state index contributed by atoms with van der Waals surface area (Å²) < 4.78 is 30.1. The number of hydrogen-bond acceptors (Lipinski definition) is 6. The van der Waals surface area contributed by atoms with Crippen LogP contribution in [0.1, 0.15) is 37.3 Å². The SMILES string of the molecule is Cc1ccc(S(=O)(=O)n2c(=O)n(C3CCC(N)CC3)c3c4ncccc4c(Br)nc32)cc1. The van der Waals surface area contributed by atoms with Crippen molar-refractivity contribution in [3.63, 3.8) is 0 Å². The molecule has 0 atom stereocenters. The second-order valence-electron chi connectivity index (χ2n) is 8.28. The van der Waals surface area contributed by atoms with Crippen LogP contribution in [0.3, 0.4) is 0 Å². The second kappa shape index (κ2) is 7.79. The summed E-state index contributed by atoms with van der Waals surface area (Å²) in [6.07, 6.45) is 4.55. The van der Waals surface area contributed by atoms with Crippen molar-refractivity contribution >= 4 is 48.0 Å². The van der Waals surface area contributed by atoms with Crippen LogP contribution in [0, 0.1) is 6.92 Å². The topological polar surface area (TPSA) is 113 Å². The number of nitrogens with zero attached hydrogens (tertiary/aromatic N) is 4. The minimum atomic E-state index is -4.18. The highest BCUT2D eigenvalue weighted by Crippen LogP contribution is 2.34. The minimum Gasteiger partial charge on any atom is -0.328 e. The molecule has 1 aliphatic rings. The first-order valence-corrected chi connectivity index (χ1v) is 12.7. The van der Waals surface area contributed by atoms with E-state index in [2.05, 4.69) is 25.9 Å². The lowest BCUT2D eigenvalue weighted by molar-refractivity contribution is 0.323. The lowest BCUT2D eigenvalue weighted by atomic mass is 9.91. The number of rotatable bonds is 3. The molecular formula is C22H22BrN5O3S. The fourth-order valence-corrected chi connectivity index (χ4v) is 6.28. The van der Waals surface area contributed by atoms with E-state index in [1.54, 1.807) is 29.0 Å². The molecule has 5 rings (SSSR count). The van der Waals surface area contributed by atoms with Crippen LogP contribution >= 0.6 is 15.9 Å². The van der Waals surface area contributed by atoms with Crippen LogP contribution in [-0.4, -0.2) is 33.0 Å². The van der Waals surface area contributed by atoms with Crippen molar-refractivity contribution in [2.24, 2.45) is 5.73 Å². The van der Waals surface area contributed by atoms with E-state index in [1.165, 1.54) is 12.1 Å². The Labute approximate surface area is 193 Å². The Morgan fingerprint density at radius 1 is 1.09 bits per heavy atom. The quantitative estimate of drug-likeness (QED) is 0.417. The number of hydrogen-bond donors (Lipinski definition) is 1. The number of pyridine rings is 2. The summed E-state index contributed by atoms with van der Waals surface area (Å²) in [4.78, 5) is 22.8. The number of nitrogens with two attached hydrogens (primary N) is 1. The van der Waals surface area contributed by atoms with E-state index >= 15 is 0 Å². The first-order valence-electron chi connectivity index (χ1n) is 10.4. The second-order valence-corrected chi connectivity index (χ2v) is 10.8. The van der Waals surface area contributed by atoms with Crippen molar-refractivity contribution < 1.29 is 8.42 Å². The van der Waals surface area contributed by atoms with Gasteiger partial charge in [-0.25, -0.2) is 18.2 Å². The predicted octanol–water partition coefficient (Wildman–Crippen LogP) is 3.50. The van der Waals surface area contributed by atoms with Gasteiger partial charge in [-0.3, -0.25) is 9.55 Å².